The second kappa shape index (κ2) is 8.67. The Hall–Kier alpha value is -1.50. The lowest BCUT2D eigenvalue weighted by molar-refractivity contribution is 0.0705. The molecule has 3 amide bonds. The van der Waals surface area contributed by atoms with Crippen molar-refractivity contribution in [1.29, 1.82) is 0 Å². The van der Waals surface area contributed by atoms with Crippen LogP contribution < -0.4 is 15.5 Å². The number of carbonyl (C=O) groups excluding carboxylic acids is 2. The van der Waals surface area contributed by atoms with E-state index in [4.69, 9.17) is 11.6 Å². The van der Waals surface area contributed by atoms with Crippen LogP contribution in [0.3, 0.4) is 0 Å². The molecule has 27 heavy (non-hydrogen) atoms. The molecule has 2 saturated heterocycles. The van der Waals surface area contributed by atoms with Crippen LogP contribution in [0.5, 0.6) is 0 Å². The van der Waals surface area contributed by atoms with Crippen LogP contribution in [0.25, 0.3) is 0 Å². The number of likely N-dealkylation sites (tertiary alicyclic amines) is 1. The van der Waals surface area contributed by atoms with Gasteiger partial charge in [-0.05, 0) is 56.3 Å². The van der Waals surface area contributed by atoms with Gasteiger partial charge in [0.1, 0.15) is 0 Å². The summed E-state index contributed by atoms with van der Waals surface area (Å²) in [7, 11) is 0. The summed E-state index contributed by atoms with van der Waals surface area (Å²) < 4.78 is 0. The molecule has 6 nitrogen and oxygen atoms in total. The quantitative estimate of drug-likeness (QED) is 0.781. The maximum absolute atomic E-state index is 13.0. The lowest BCUT2D eigenvalue weighted by atomic mass is 10.0. The molecule has 3 aliphatic rings. The molecule has 0 bridgehead atoms. The third-order valence-corrected chi connectivity index (χ3v) is 5.85. The number of amides is 3. The molecule has 0 radical (unpaired) electrons. The summed E-state index contributed by atoms with van der Waals surface area (Å²) in [6.45, 7) is 3.82. The molecule has 0 unspecified atom stereocenters. The number of piperidine rings is 1. The van der Waals surface area contributed by atoms with E-state index in [9.17, 15) is 9.59 Å². The van der Waals surface area contributed by atoms with Gasteiger partial charge in [-0.1, -0.05) is 11.6 Å². The van der Waals surface area contributed by atoms with Gasteiger partial charge < -0.3 is 15.5 Å². The summed E-state index contributed by atoms with van der Waals surface area (Å²) in [5, 5.41) is 6.84. The van der Waals surface area contributed by atoms with Crippen LogP contribution in [0.15, 0.2) is 18.2 Å². The number of nitrogens with one attached hydrogen (secondary N) is 2. The molecule has 3 fully saturated rings. The molecule has 1 saturated carbocycles. The SMILES string of the molecule is Cl.O=C(c1cc(N2CCNC2=O)ccc1Cl)N1CCC(NCC2CC2)CC1. The fourth-order valence-electron chi connectivity index (χ4n) is 3.68. The Morgan fingerprint density at radius 2 is 1.93 bits per heavy atom. The van der Waals surface area contributed by atoms with Crippen molar-refractivity contribution in [2.24, 2.45) is 5.92 Å². The van der Waals surface area contributed by atoms with Gasteiger partial charge in [0, 0.05) is 37.9 Å². The summed E-state index contributed by atoms with van der Waals surface area (Å²) >= 11 is 6.29. The van der Waals surface area contributed by atoms with E-state index in [1.165, 1.54) is 12.8 Å². The summed E-state index contributed by atoms with van der Waals surface area (Å²) in [6.07, 6.45) is 4.66. The number of nitrogens with zero attached hydrogens (tertiary/aromatic N) is 2. The van der Waals surface area contributed by atoms with Crippen LogP contribution in [-0.4, -0.2) is 55.6 Å². The van der Waals surface area contributed by atoms with Crippen molar-refractivity contribution in [2.75, 3.05) is 37.6 Å². The Morgan fingerprint density at radius 1 is 1.19 bits per heavy atom. The zero-order valence-electron chi connectivity index (χ0n) is 15.2. The number of rotatable bonds is 5. The lowest BCUT2D eigenvalue weighted by Gasteiger charge is -2.33. The highest BCUT2D eigenvalue weighted by Gasteiger charge is 2.28. The molecule has 2 aliphatic heterocycles. The summed E-state index contributed by atoms with van der Waals surface area (Å²) in [6, 6.07) is 5.62. The zero-order valence-corrected chi connectivity index (χ0v) is 16.8. The van der Waals surface area contributed by atoms with Crippen molar-refractivity contribution in [3.05, 3.63) is 28.8 Å². The Bertz CT molecular complexity index is 703. The van der Waals surface area contributed by atoms with Crippen LogP contribution >= 0.6 is 24.0 Å². The van der Waals surface area contributed by atoms with Gasteiger partial charge in [0.05, 0.1) is 10.6 Å². The second-order valence-corrected chi connectivity index (χ2v) is 7.87. The van der Waals surface area contributed by atoms with E-state index < -0.39 is 0 Å². The van der Waals surface area contributed by atoms with Crippen molar-refractivity contribution in [1.82, 2.24) is 15.5 Å². The van der Waals surface area contributed by atoms with Crippen molar-refractivity contribution < 1.29 is 9.59 Å². The van der Waals surface area contributed by atoms with Crippen LogP contribution in [0.2, 0.25) is 5.02 Å². The Labute approximate surface area is 171 Å². The number of hydrogen-bond acceptors (Lipinski definition) is 3. The van der Waals surface area contributed by atoms with Gasteiger partial charge in [0.15, 0.2) is 0 Å². The van der Waals surface area contributed by atoms with Gasteiger partial charge in [0.2, 0.25) is 0 Å². The van der Waals surface area contributed by atoms with Crippen LogP contribution in [0.1, 0.15) is 36.0 Å². The molecule has 1 aromatic rings. The molecule has 1 aliphatic carbocycles. The maximum Gasteiger partial charge on any atom is 0.321 e. The molecular weight excluding hydrogens is 387 g/mol. The summed E-state index contributed by atoms with van der Waals surface area (Å²) in [5.41, 5.74) is 1.20. The maximum atomic E-state index is 13.0. The van der Waals surface area contributed by atoms with E-state index in [0.717, 1.165) is 38.4 Å². The Balaban J connectivity index is 0.00000210. The van der Waals surface area contributed by atoms with Crippen molar-refractivity contribution in [3.8, 4) is 0 Å². The fraction of sp³-hybridized carbons (Fsp3) is 0.579. The highest BCUT2D eigenvalue weighted by Crippen LogP contribution is 2.29. The molecular formula is C19H26Cl2N4O2. The van der Waals surface area contributed by atoms with Crippen molar-refractivity contribution in [3.63, 3.8) is 0 Å². The number of benzene rings is 1. The first-order valence-corrected chi connectivity index (χ1v) is 9.87. The van der Waals surface area contributed by atoms with Gasteiger partial charge in [-0.15, -0.1) is 12.4 Å². The first kappa shape index (κ1) is 20.2. The average Bonchev–Trinajstić information content (AvgIpc) is 3.40. The van der Waals surface area contributed by atoms with Gasteiger partial charge in [-0.3, -0.25) is 9.69 Å². The molecule has 1 aromatic carbocycles. The first-order chi connectivity index (χ1) is 12.6. The van der Waals surface area contributed by atoms with Crippen LogP contribution in [-0.2, 0) is 0 Å². The molecule has 2 N–H and O–H groups in total. The van der Waals surface area contributed by atoms with Gasteiger partial charge in [0.25, 0.3) is 5.91 Å². The zero-order chi connectivity index (χ0) is 18.1. The van der Waals surface area contributed by atoms with E-state index in [0.29, 0.717) is 35.4 Å². The van der Waals surface area contributed by atoms with Gasteiger partial charge in [-0.25, -0.2) is 4.79 Å². The molecule has 0 aromatic heterocycles. The largest absolute Gasteiger partial charge is 0.338 e. The number of halogens is 2. The number of anilines is 1. The minimum atomic E-state index is -0.131. The smallest absolute Gasteiger partial charge is 0.321 e. The standard InChI is InChI=1S/C19H25ClN4O2.ClH/c20-17-4-3-15(24-10-7-21-19(24)26)11-16(17)18(25)23-8-5-14(6-9-23)22-12-13-1-2-13;/h3-4,11,13-14,22H,1-2,5-10,12H2,(H,21,26);1H. The minimum Gasteiger partial charge on any atom is -0.338 e. The van der Waals surface area contributed by atoms with E-state index in [-0.39, 0.29) is 24.3 Å². The molecule has 4 rings (SSSR count). The van der Waals surface area contributed by atoms with Crippen LogP contribution in [0.4, 0.5) is 10.5 Å². The summed E-state index contributed by atoms with van der Waals surface area (Å²) in [4.78, 5) is 28.3. The van der Waals surface area contributed by atoms with E-state index in [1.54, 1.807) is 23.1 Å². The van der Waals surface area contributed by atoms with E-state index >= 15 is 0 Å². The molecule has 8 heteroatoms. The highest BCUT2D eigenvalue weighted by atomic mass is 35.5. The fourth-order valence-corrected chi connectivity index (χ4v) is 3.87. The highest BCUT2D eigenvalue weighted by molar-refractivity contribution is 6.34. The van der Waals surface area contributed by atoms with E-state index in [2.05, 4.69) is 10.6 Å². The molecule has 2 heterocycles. The van der Waals surface area contributed by atoms with Crippen molar-refractivity contribution >= 4 is 41.6 Å². The molecule has 0 spiro atoms. The summed E-state index contributed by atoms with van der Waals surface area (Å²) in [5.74, 6) is 0.830. The predicted octanol–water partition coefficient (Wildman–Crippen LogP) is 2.90. The predicted molar refractivity (Wildman–Crippen MR) is 109 cm³/mol. The third-order valence-electron chi connectivity index (χ3n) is 5.52. The Morgan fingerprint density at radius 3 is 2.56 bits per heavy atom. The first-order valence-electron chi connectivity index (χ1n) is 9.49. The normalized spacial score (nSPS) is 20.4. The van der Waals surface area contributed by atoms with Gasteiger partial charge >= 0.3 is 6.03 Å². The second-order valence-electron chi connectivity index (χ2n) is 7.47. The monoisotopic (exact) mass is 412 g/mol. The van der Waals surface area contributed by atoms with Gasteiger partial charge in [-0.2, -0.15) is 0 Å². The Kier molecular flexibility index (Phi) is 6.50. The van der Waals surface area contributed by atoms with Crippen LogP contribution in [0, 0.1) is 5.92 Å². The number of carbonyl (C=O) groups is 2. The molecule has 148 valence electrons. The van der Waals surface area contributed by atoms with Crippen molar-refractivity contribution in [2.45, 2.75) is 31.7 Å². The molecule has 0 atom stereocenters. The minimum absolute atomic E-state index is 0. The average molecular weight is 413 g/mol. The van der Waals surface area contributed by atoms with E-state index in [1.807, 2.05) is 4.90 Å². The number of urea groups is 1. The lowest BCUT2D eigenvalue weighted by Crippen LogP contribution is -2.45. The number of hydrogen-bond donors (Lipinski definition) is 2. The third kappa shape index (κ3) is 4.68. The topological polar surface area (TPSA) is 64.7 Å².